The van der Waals surface area contributed by atoms with Crippen LogP contribution < -0.4 is 5.32 Å². The number of hydrogen-bond acceptors (Lipinski definition) is 2. The molecule has 0 unspecified atom stereocenters. The third kappa shape index (κ3) is 3.31. The van der Waals surface area contributed by atoms with Gasteiger partial charge in [0.05, 0.1) is 18.2 Å². The number of nitriles is 1. The molecule has 2 nitrogen and oxygen atoms in total. The normalized spacial score (nSPS) is 12.0. The Kier molecular flexibility index (Phi) is 3.56. The van der Waals surface area contributed by atoms with E-state index in [1.165, 1.54) is 24.3 Å². The molecular weight excluding hydrogens is 243 g/mol. The monoisotopic (exact) mass is 250 g/mol. The van der Waals surface area contributed by atoms with Crippen LogP contribution in [-0.2, 0) is 0 Å². The Hall–Kier alpha value is -1.84. The van der Waals surface area contributed by atoms with Crippen molar-refractivity contribution in [3.05, 3.63) is 29.8 Å². The van der Waals surface area contributed by atoms with Gasteiger partial charge in [0.25, 0.3) is 0 Å². The minimum absolute atomic E-state index is 0.0907. The summed E-state index contributed by atoms with van der Waals surface area (Å²) in [7, 11) is 0. The predicted molar refractivity (Wildman–Crippen MR) is 50.6 cm³/mol. The predicted octanol–water partition coefficient (Wildman–Crippen LogP) is 3.17. The fraction of sp³-hybridized carbons (Fsp3) is 0.300. The summed E-state index contributed by atoms with van der Waals surface area (Å²) >= 11 is 0. The van der Waals surface area contributed by atoms with E-state index in [4.69, 9.17) is 5.26 Å². The molecule has 0 saturated carbocycles. The van der Waals surface area contributed by atoms with Gasteiger partial charge in [-0.25, -0.2) is 0 Å². The molecule has 1 N–H and O–H groups in total. The van der Waals surface area contributed by atoms with Gasteiger partial charge in [-0.3, -0.25) is 0 Å². The molecule has 0 atom stereocenters. The van der Waals surface area contributed by atoms with Crippen molar-refractivity contribution in [3.63, 3.8) is 0 Å². The number of nitrogens with one attached hydrogen (secondary N) is 1. The standard InChI is InChI=1S/C10H7F5N2/c11-9(12,10(13,14)15)6-17-8-3-1-7(5-16)2-4-8/h1-4,17H,6H2. The van der Waals surface area contributed by atoms with E-state index in [0.29, 0.717) is 0 Å². The first-order valence-electron chi connectivity index (χ1n) is 4.45. The minimum Gasteiger partial charge on any atom is -0.379 e. The number of anilines is 1. The van der Waals surface area contributed by atoms with Crippen molar-refractivity contribution in [1.29, 1.82) is 5.26 Å². The summed E-state index contributed by atoms with van der Waals surface area (Å²) in [5, 5.41) is 10.4. The molecule has 0 aliphatic carbocycles. The molecule has 0 saturated heterocycles. The van der Waals surface area contributed by atoms with E-state index in [0.717, 1.165) is 0 Å². The van der Waals surface area contributed by atoms with Crippen molar-refractivity contribution in [3.8, 4) is 6.07 Å². The van der Waals surface area contributed by atoms with E-state index in [2.05, 4.69) is 0 Å². The van der Waals surface area contributed by atoms with Crippen LogP contribution in [0.1, 0.15) is 5.56 Å². The van der Waals surface area contributed by atoms with E-state index in [1.807, 2.05) is 5.32 Å². The quantitative estimate of drug-likeness (QED) is 0.836. The van der Waals surface area contributed by atoms with Gasteiger partial charge in [-0.1, -0.05) is 0 Å². The number of benzene rings is 1. The summed E-state index contributed by atoms with van der Waals surface area (Å²) in [5.74, 6) is -4.79. The van der Waals surface area contributed by atoms with E-state index < -0.39 is 18.6 Å². The van der Waals surface area contributed by atoms with Gasteiger partial charge < -0.3 is 5.32 Å². The molecule has 7 heteroatoms. The lowest BCUT2D eigenvalue weighted by molar-refractivity contribution is -0.275. The largest absolute Gasteiger partial charge is 0.455 e. The van der Waals surface area contributed by atoms with Crippen LogP contribution in [0.4, 0.5) is 27.6 Å². The molecule has 0 aliphatic heterocycles. The molecule has 0 radical (unpaired) electrons. The van der Waals surface area contributed by atoms with Crippen LogP contribution in [-0.4, -0.2) is 18.6 Å². The van der Waals surface area contributed by atoms with Crippen LogP contribution in [0, 0.1) is 11.3 Å². The molecule has 0 fully saturated rings. The Morgan fingerprint density at radius 1 is 1.06 bits per heavy atom. The van der Waals surface area contributed by atoms with Crippen molar-refractivity contribution in [1.82, 2.24) is 0 Å². The van der Waals surface area contributed by atoms with Crippen LogP contribution in [0.5, 0.6) is 0 Å². The molecule has 0 aliphatic rings. The second-order valence-electron chi connectivity index (χ2n) is 3.24. The lowest BCUT2D eigenvalue weighted by Crippen LogP contribution is -2.42. The average molecular weight is 250 g/mol. The molecule has 1 rings (SSSR count). The van der Waals surface area contributed by atoms with Crippen molar-refractivity contribution >= 4 is 5.69 Å². The molecule has 0 bridgehead atoms. The molecule has 1 aromatic rings. The number of alkyl halides is 5. The van der Waals surface area contributed by atoms with E-state index >= 15 is 0 Å². The Morgan fingerprint density at radius 2 is 1.59 bits per heavy atom. The molecule has 0 spiro atoms. The molecule has 17 heavy (non-hydrogen) atoms. The summed E-state index contributed by atoms with van der Waals surface area (Å²) in [6.07, 6.45) is -5.58. The molecule has 92 valence electrons. The third-order valence-electron chi connectivity index (χ3n) is 1.94. The summed E-state index contributed by atoms with van der Waals surface area (Å²) in [6.45, 7) is -1.54. The number of halogens is 5. The van der Waals surface area contributed by atoms with Crippen molar-refractivity contribution in [2.45, 2.75) is 12.1 Å². The zero-order valence-corrected chi connectivity index (χ0v) is 8.35. The smallest absolute Gasteiger partial charge is 0.379 e. The molecule has 0 aromatic heterocycles. The van der Waals surface area contributed by atoms with Crippen LogP contribution in [0.3, 0.4) is 0 Å². The molecular formula is C10H7F5N2. The fourth-order valence-electron chi connectivity index (χ4n) is 0.976. The number of hydrogen-bond donors (Lipinski definition) is 1. The van der Waals surface area contributed by atoms with E-state index in [9.17, 15) is 22.0 Å². The van der Waals surface area contributed by atoms with Crippen LogP contribution in [0.25, 0.3) is 0 Å². The summed E-state index contributed by atoms with van der Waals surface area (Å²) in [6, 6.07) is 6.93. The van der Waals surface area contributed by atoms with Crippen molar-refractivity contribution in [2.75, 3.05) is 11.9 Å². The van der Waals surface area contributed by atoms with Gasteiger partial charge in [0.2, 0.25) is 0 Å². The zero-order valence-electron chi connectivity index (χ0n) is 8.35. The van der Waals surface area contributed by atoms with Crippen LogP contribution in [0.15, 0.2) is 24.3 Å². The summed E-state index contributed by atoms with van der Waals surface area (Å²) in [4.78, 5) is 0. The van der Waals surface area contributed by atoms with Gasteiger partial charge in [-0.2, -0.15) is 27.2 Å². The van der Waals surface area contributed by atoms with Gasteiger partial charge in [-0.15, -0.1) is 0 Å². The minimum atomic E-state index is -5.58. The highest BCUT2D eigenvalue weighted by atomic mass is 19.4. The summed E-state index contributed by atoms with van der Waals surface area (Å²) in [5.41, 5.74) is 0.381. The first-order valence-corrected chi connectivity index (χ1v) is 4.45. The first kappa shape index (κ1) is 13.2. The molecule has 1 aromatic carbocycles. The maximum absolute atomic E-state index is 12.5. The fourth-order valence-corrected chi connectivity index (χ4v) is 0.976. The van der Waals surface area contributed by atoms with Gasteiger partial charge in [0.1, 0.15) is 0 Å². The van der Waals surface area contributed by atoms with E-state index in [1.54, 1.807) is 6.07 Å². The Morgan fingerprint density at radius 3 is 2.00 bits per heavy atom. The Balaban J connectivity index is 2.65. The second kappa shape index (κ2) is 4.57. The topological polar surface area (TPSA) is 35.8 Å². The first-order chi connectivity index (χ1) is 7.76. The van der Waals surface area contributed by atoms with Crippen molar-refractivity contribution in [2.24, 2.45) is 0 Å². The van der Waals surface area contributed by atoms with Gasteiger partial charge in [0.15, 0.2) is 0 Å². The average Bonchev–Trinajstić information content (AvgIpc) is 2.25. The lowest BCUT2D eigenvalue weighted by atomic mass is 10.2. The van der Waals surface area contributed by atoms with Crippen LogP contribution >= 0.6 is 0 Å². The van der Waals surface area contributed by atoms with Gasteiger partial charge >= 0.3 is 12.1 Å². The Labute approximate surface area is 93.7 Å². The maximum atomic E-state index is 12.5. The summed E-state index contributed by atoms with van der Waals surface area (Å²) < 4.78 is 60.5. The highest BCUT2D eigenvalue weighted by Gasteiger charge is 2.57. The lowest BCUT2D eigenvalue weighted by Gasteiger charge is -2.20. The zero-order chi connectivity index (χ0) is 13.1. The third-order valence-corrected chi connectivity index (χ3v) is 1.94. The van der Waals surface area contributed by atoms with Crippen LogP contribution in [0.2, 0.25) is 0 Å². The molecule has 0 heterocycles. The molecule has 0 amide bonds. The Bertz CT molecular complexity index is 416. The maximum Gasteiger partial charge on any atom is 0.455 e. The number of rotatable bonds is 3. The highest BCUT2D eigenvalue weighted by Crippen LogP contribution is 2.35. The van der Waals surface area contributed by atoms with E-state index in [-0.39, 0.29) is 11.3 Å². The van der Waals surface area contributed by atoms with Gasteiger partial charge in [0, 0.05) is 5.69 Å². The highest BCUT2D eigenvalue weighted by molar-refractivity contribution is 5.47. The van der Waals surface area contributed by atoms with Gasteiger partial charge in [-0.05, 0) is 24.3 Å². The SMILES string of the molecule is N#Cc1ccc(NCC(F)(F)C(F)(F)F)cc1. The number of nitrogens with zero attached hydrogens (tertiary/aromatic N) is 1. The van der Waals surface area contributed by atoms with Crippen molar-refractivity contribution < 1.29 is 22.0 Å². The second-order valence-corrected chi connectivity index (χ2v) is 3.24.